The maximum absolute atomic E-state index is 12.2. The van der Waals surface area contributed by atoms with Crippen LogP contribution in [-0.2, 0) is 9.53 Å². The first-order valence-electron chi connectivity index (χ1n) is 7.62. The number of carbonyl (C=O) groups is 2. The van der Waals surface area contributed by atoms with E-state index in [0.717, 1.165) is 0 Å². The molecule has 0 spiro atoms. The van der Waals surface area contributed by atoms with E-state index in [1.165, 1.54) is 21.3 Å². The van der Waals surface area contributed by atoms with Crippen molar-refractivity contribution in [3.63, 3.8) is 0 Å². The number of methoxy groups -OCH3 is 3. The molecule has 2 rings (SSSR count). The van der Waals surface area contributed by atoms with Crippen LogP contribution in [0.1, 0.15) is 10.4 Å². The Hall–Kier alpha value is -2.93. The van der Waals surface area contributed by atoms with E-state index in [4.69, 9.17) is 21.1 Å². The molecule has 0 radical (unpaired) electrons. The van der Waals surface area contributed by atoms with Gasteiger partial charge in [-0.15, -0.1) is 0 Å². The van der Waals surface area contributed by atoms with Crippen LogP contribution < -0.4 is 20.1 Å². The van der Waals surface area contributed by atoms with Gasteiger partial charge in [0.15, 0.2) is 0 Å². The molecule has 0 fully saturated rings. The Morgan fingerprint density at radius 3 is 2.23 bits per heavy atom. The molecule has 2 aromatic carbocycles. The number of hydrogen-bond acceptors (Lipinski definition) is 6. The molecule has 7 nitrogen and oxygen atoms in total. The van der Waals surface area contributed by atoms with Gasteiger partial charge in [0.1, 0.15) is 11.5 Å². The fourth-order valence-electron chi connectivity index (χ4n) is 2.18. The summed E-state index contributed by atoms with van der Waals surface area (Å²) < 4.78 is 15.0. The number of amides is 1. The van der Waals surface area contributed by atoms with Crippen LogP contribution in [0.15, 0.2) is 36.4 Å². The maximum Gasteiger partial charge on any atom is 0.337 e. The van der Waals surface area contributed by atoms with E-state index in [0.29, 0.717) is 33.5 Å². The van der Waals surface area contributed by atoms with Gasteiger partial charge >= 0.3 is 5.97 Å². The summed E-state index contributed by atoms with van der Waals surface area (Å²) in [6.07, 6.45) is 0. The van der Waals surface area contributed by atoms with E-state index in [-0.39, 0.29) is 12.5 Å². The van der Waals surface area contributed by atoms with Crippen LogP contribution in [0.4, 0.5) is 11.4 Å². The van der Waals surface area contributed by atoms with Crippen molar-refractivity contribution in [1.29, 1.82) is 0 Å². The molecule has 8 heteroatoms. The van der Waals surface area contributed by atoms with Crippen LogP contribution in [0.5, 0.6) is 11.5 Å². The van der Waals surface area contributed by atoms with Crippen molar-refractivity contribution in [3.05, 3.63) is 47.0 Å². The van der Waals surface area contributed by atoms with Crippen molar-refractivity contribution in [1.82, 2.24) is 0 Å². The topological polar surface area (TPSA) is 85.9 Å². The second kappa shape index (κ2) is 8.96. The van der Waals surface area contributed by atoms with Gasteiger partial charge in [0.2, 0.25) is 5.91 Å². The predicted octanol–water partition coefficient (Wildman–Crippen LogP) is 3.19. The molecule has 0 atom stereocenters. The number of anilines is 2. The van der Waals surface area contributed by atoms with Gasteiger partial charge in [0, 0.05) is 17.8 Å². The lowest BCUT2D eigenvalue weighted by Gasteiger charge is -2.13. The van der Waals surface area contributed by atoms with E-state index in [1.807, 2.05) is 0 Å². The van der Waals surface area contributed by atoms with E-state index in [1.54, 1.807) is 36.4 Å². The van der Waals surface area contributed by atoms with E-state index < -0.39 is 5.97 Å². The first-order chi connectivity index (χ1) is 12.5. The zero-order chi connectivity index (χ0) is 19.1. The van der Waals surface area contributed by atoms with Gasteiger partial charge in [-0.05, 0) is 24.3 Å². The number of hydrogen-bond donors (Lipinski definition) is 2. The lowest BCUT2D eigenvalue weighted by Crippen LogP contribution is -2.22. The van der Waals surface area contributed by atoms with Gasteiger partial charge in [-0.2, -0.15) is 0 Å². The highest BCUT2D eigenvalue weighted by Gasteiger charge is 2.12. The lowest BCUT2D eigenvalue weighted by molar-refractivity contribution is -0.114. The number of carbonyl (C=O) groups excluding carboxylic acids is 2. The SMILES string of the molecule is COC(=O)c1ccc(NCC(=O)Nc2cc(OC)c(Cl)cc2OC)cc1. The molecule has 26 heavy (non-hydrogen) atoms. The summed E-state index contributed by atoms with van der Waals surface area (Å²) in [7, 11) is 4.28. The second-order valence-corrected chi connectivity index (χ2v) is 5.56. The van der Waals surface area contributed by atoms with Crippen molar-refractivity contribution in [2.75, 3.05) is 38.5 Å². The molecule has 0 heterocycles. The minimum atomic E-state index is -0.418. The summed E-state index contributed by atoms with van der Waals surface area (Å²) >= 11 is 6.04. The first-order valence-corrected chi connectivity index (χ1v) is 8.00. The molecule has 0 bridgehead atoms. The molecule has 0 aliphatic rings. The Morgan fingerprint density at radius 1 is 1.00 bits per heavy atom. The maximum atomic E-state index is 12.2. The first kappa shape index (κ1) is 19.4. The van der Waals surface area contributed by atoms with E-state index in [9.17, 15) is 9.59 Å². The van der Waals surface area contributed by atoms with Gasteiger partial charge in [-0.3, -0.25) is 4.79 Å². The average molecular weight is 379 g/mol. The predicted molar refractivity (Wildman–Crippen MR) is 99.5 cm³/mol. The standard InChI is InChI=1S/C18H19ClN2O5/c1-24-15-9-14(16(25-2)8-13(15)19)21-17(22)10-20-12-6-4-11(5-7-12)18(23)26-3/h4-9,20H,10H2,1-3H3,(H,21,22). The van der Waals surface area contributed by atoms with Crippen LogP contribution in [0, 0.1) is 0 Å². The molecule has 0 unspecified atom stereocenters. The fraction of sp³-hybridized carbons (Fsp3) is 0.222. The van der Waals surface area contributed by atoms with Gasteiger partial charge in [0.05, 0.1) is 44.1 Å². The summed E-state index contributed by atoms with van der Waals surface area (Å²) in [6.45, 7) is 0.0195. The minimum Gasteiger partial charge on any atom is -0.495 e. The zero-order valence-electron chi connectivity index (χ0n) is 14.6. The van der Waals surface area contributed by atoms with Gasteiger partial charge in [0.25, 0.3) is 0 Å². The molecular formula is C18H19ClN2O5. The summed E-state index contributed by atoms with van der Waals surface area (Å²) in [5, 5.41) is 6.08. The van der Waals surface area contributed by atoms with Crippen LogP contribution in [0.2, 0.25) is 5.02 Å². The number of ether oxygens (including phenoxy) is 3. The summed E-state index contributed by atoms with van der Waals surface area (Å²) in [6, 6.07) is 9.74. The number of nitrogens with one attached hydrogen (secondary N) is 2. The van der Waals surface area contributed by atoms with E-state index in [2.05, 4.69) is 15.4 Å². The van der Waals surface area contributed by atoms with Gasteiger partial charge in [-0.1, -0.05) is 11.6 Å². The Balaban J connectivity index is 2.00. The number of halogens is 1. The largest absolute Gasteiger partial charge is 0.495 e. The van der Waals surface area contributed by atoms with Crippen LogP contribution >= 0.6 is 11.6 Å². The molecule has 0 aliphatic carbocycles. The molecule has 138 valence electrons. The average Bonchev–Trinajstić information content (AvgIpc) is 2.67. The summed E-state index contributed by atoms with van der Waals surface area (Å²) in [4.78, 5) is 23.6. The van der Waals surface area contributed by atoms with Crippen molar-refractivity contribution in [2.45, 2.75) is 0 Å². The number of esters is 1. The smallest absolute Gasteiger partial charge is 0.337 e. The van der Waals surface area contributed by atoms with Crippen molar-refractivity contribution >= 4 is 34.9 Å². The highest BCUT2D eigenvalue weighted by Crippen LogP contribution is 2.35. The number of benzene rings is 2. The second-order valence-electron chi connectivity index (χ2n) is 5.16. The van der Waals surface area contributed by atoms with E-state index >= 15 is 0 Å². The molecule has 2 N–H and O–H groups in total. The molecule has 0 aromatic heterocycles. The Morgan fingerprint density at radius 2 is 1.65 bits per heavy atom. The minimum absolute atomic E-state index is 0.0195. The lowest BCUT2D eigenvalue weighted by atomic mass is 10.2. The monoisotopic (exact) mass is 378 g/mol. The molecular weight excluding hydrogens is 360 g/mol. The molecule has 2 aromatic rings. The third-order valence-electron chi connectivity index (χ3n) is 3.51. The quantitative estimate of drug-likeness (QED) is 0.719. The van der Waals surface area contributed by atoms with Crippen LogP contribution in [0.3, 0.4) is 0 Å². The zero-order valence-corrected chi connectivity index (χ0v) is 15.3. The summed E-state index contributed by atoms with van der Waals surface area (Å²) in [5.41, 5.74) is 1.57. The Kier molecular flexibility index (Phi) is 6.68. The fourth-order valence-corrected chi connectivity index (χ4v) is 2.41. The van der Waals surface area contributed by atoms with Crippen LogP contribution in [-0.4, -0.2) is 39.8 Å². The van der Waals surface area contributed by atoms with Gasteiger partial charge in [-0.25, -0.2) is 4.79 Å². The van der Waals surface area contributed by atoms with Crippen molar-refractivity contribution in [2.24, 2.45) is 0 Å². The molecule has 1 amide bonds. The Bertz CT molecular complexity index is 793. The molecule has 0 saturated heterocycles. The highest BCUT2D eigenvalue weighted by molar-refractivity contribution is 6.32. The van der Waals surface area contributed by atoms with Crippen molar-refractivity contribution < 1.29 is 23.8 Å². The molecule has 0 saturated carbocycles. The highest BCUT2D eigenvalue weighted by atomic mass is 35.5. The van der Waals surface area contributed by atoms with Gasteiger partial charge < -0.3 is 24.8 Å². The van der Waals surface area contributed by atoms with Crippen LogP contribution in [0.25, 0.3) is 0 Å². The summed E-state index contributed by atoms with van der Waals surface area (Å²) in [5.74, 6) is 0.142. The molecule has 0 aliphatic heterocycles. The Labute approximate surface area is 156 Å². The third kappa shape index (κ3) is 4.80. The third-order valence-corrected chi connectivity index (χ3v) is 3.80. The normalized spacial score (nSPS) is 10.0. The van der Waals surface area contributed by atoms with Crippen molar-refractivity contribution in [3.8, 4) is 11.5 Å². The number of rotatable bonds is 7.